The molecular formula is C8H5BS. The van der Waals surface area contributed by atoms with Crippen LogP contribution in [0.15, 0.2) is 30.3 Å². The maximum atomic E-state index is 5.61. The molecule has 2 aromatic rings. The molecule has 0 nitrogen and oxygen atoms in total. The Morgan fingerprint density at radius 3 is 2.80 bits per heavy atom. The number of benzene rings is 1. The summed E-state index contributed by atoms with van der Waals surface area (Å²) in [5, 5.41) is 1.24. The monoisotopic (exact) mass is 144 g/mol. The zero-order valence-electron chi connectivity index (χ0n) is 5.37. The Kier molecular flexibility index (Phi) is 1.28. The summed E-state index contributed by atoms with van der Waals surface area (Å²) in [4.78, 5) is 0. The van der Waals surface area contributed by atoms with Crippen LogP contribution in [-0.2, 0) is 0 Å². The van der Waals surface area contributed by atoms with Gasteiger partial charge >= 0.3 is 0 Å². The maximum absolute atomic E-state index is 5.61. The Morgan fingerprint density at radius 2 is 2.00 bits per heavy atom. The smallest absolute Gasteiger partial charge is 0.128 e. The predicted octanol–water partition coefficient (Wildman–Crippen LogP) is 1.70. The fourth-order valence-corrected chi connectivity index (χ4v) is 1.83. The number of hydrogen-bond acceptors (Lipinski definition) is 1. The van der Waals surface area contributed by atoms with E-state index in [1.165, 1.54) is 10.1 Å². The van der Waals surface area contributed by atoms with Gasteiger partial charge in [0.05, 0.1) is 0 Å². The first-order chi connectivity index (χ1) is 4.86. The first-order valence-electron chi connectivity index (χ1n) is 3.10. The fraction of sp³-hybridized carbons (Fsp3) is 0. The van der Waals surface area contributed by atoms with Crippen molar-refractivity contribution in [3.05, 3.63) is 30.3 Å². The molecular weight excluding hydrogens is 139 g/mol. The number of rotatable bonds is 0. The molecule has 1 aromatic carbocycles. The van der Waals surface area contributed by atoms with Crippen molar-refractivity contribution < 1.29 is 0 Å². The second kappa shape index (κ2) is 2.13. The van der Waals surface area contributed by atoms with Crippen LogP contribution in [0.25, 0.3) is 10.1 Å². The Labute approximate surface area is 64.9 Å². The van der Waals surface area contributed by atoms with Crippen molar-refractivity contribution in [1.29, 1.82) is 0 Å². The molecule has 0 atom stereocenters. The van der Waals surface area contributed by atoms with Crippen LogP contribution in [0.4, 0.5) is 0 Å². The van der Waals surface area contributed by atoms with Crippen LogP contribution < -0.4 is 4.78 Å². The van der Waals surface area contributed by atoms with E-state index in [2.05, 4.69) is 12.1 Å². The normalized spacial score (nSPS) is 10.4. The lowest BCUT2D eigenvalue weighted by Gasteiger charge is -1.82. The molecule has 1 heterocycles. The maximum Gasteiger partial charge on any atom is 0.128 e. The molecule has 0 aliphatic heterocycles. The molecule has 0 fully saturated rings. The highest BCUT2D eigenvalue weighted by Gasteiger charge is 1.93. The molecule has 2 rings (SSSR count). The van der Waals surface area contributed by atoms with Crippen LogP contribution in [0.1, 0.15) is 0 Å². The third-order valence-electron chi connectivity index (χ3n) is 1.44. The zero-order chi connectivity index (χ0) is 6.97. The minimum Gasteiger partial charge on any atom is -0.152 e. The van der Waals surface area contributed by atoms with E-state index in [1.54, 1.807) is 11.3 Å². The van der Waals surface area contributed by atoms with Gasteiger partial charge in [-0.05, 0) is 16.2 Å². The van der Waals surface area contributed by atoms with Gasteiger partial charge in [0.1, 0.15) is 7.85 Å². The van der Waals surface area contributed by atoms with Crippen molar-refractivity contribution in [3.63, 3.8) is 0 Å². The summed E-state index contributed by atoms with van der Waals surface area (Å²) < 4.78 is 2.15. The Balaban J connectivity index is 2.88. The number of hydrogen-bond donors (Lipinski definition) is 0. The third kappa shape index (κ3) is 0.849. The van der Waals surface area contributed by atoms with Crippen molar-refractivity contribution in [2.75, 3.05) is 0 Å². The standard InChI is InChI=1S/C8H5BS/c9-8-5-6-3-1-2-4-7(6)10-8/h1-5H. The second-order valence-electron chi connectivity index (χ2n) is 2.19. The topological polar surface area (TPSA) is 0 Å². The van der Waals surface area contributed by atoms with Gasteiger partial charge in [-0.2, -0.15) is 11.3 Å². The first-order valence-corrected chi connectivity index (χ1v) is 3.92. The zero-order valence-corrected chi connectivity index (χ0v) is 6.19. The molecule has 0 unspecified atom stereocenters. The van der Waals surface area contributed by atoms with E-state index in [4.69, 9.17) is 7.85 Å². The van der Waals surface area contributed by atoms with E-state index >= 15 is 0 Å². The highest BCUT2D eigenvalue weighted by molar-refractivity contribution is 7.26. The summed E-state index contributed by atoms with van der Waals surface area (Å²) in [5.41, 5.74) is 0. The van der Waals surface area contributed by atoms with Gasteiger partial charge in [-0.15, -0.1) is 0 Å². The summed E-state index contributed by atoms with van der Waals surface area (Å²) in [5.74, 6) is 0. The summed E-state index contributed by atoms with van der Waals surface area (Å²) in [7, 11) is 5.61. The average molecular weight is 144 g/mol. The summed E-state index contributed by atoms with van der Waals surface area (Å²) in [6, 6.07) is 10.2. The van der Waals surface area contributed by atoms with E-state index < -0.39 is 0 Å². The van der Waals surface area contributed by atoms with Crippen molar-refractivity contribution in [2.24, 2.45) is 0 Å². The van der Waals surface area contributed by atoms with Gasteiger partial charge in [-0.25, -0.2) is 0 Å². The summed E-state index contributed by atoms with van der Waals surface area (Å²) in [6.45, 7) is 0. The Morgan fingerprint density at radius 1 is 1.20 bits per heavy atom. The van der Waals surface area contributed by atoms with E-state index in [0.29, 0.717) is 0 Å². The van der Waals surface area contributed by atoms with Crippen LogP contribution in [0, 0.1) is 0 Å². The van der Waals surface area contributed by atoms with Gasteiger partial charge < -0.3 is 0 Å². The molecule has 46 valence electrons. The van der Waals surface area contributed by atoms with Crippen LogP contribution in [-0.4, -0.2) is 7.85 Å². The van der Waals surface area contributed by atoms with Gasteiger partial charge in [0, 0.05) is 4.70 Å². The van der Waals surface area contributed by atoms with Gasteiger partial charge in [0.25, 0.3) is 0 Å². The van der Waals surface area contributed by atoms with Crippen LogP contribution in [0.5, 0.6) is 0 Å². The number of fused-ring (bicyclic) bond motifs is 1. The molecule has 1 aromatic heterocycles. The van der Waals surface area contributed by atoms with Crippen molar-refractivity contribution >= 4 is 34.0 Å². The molecule has 0 amide bonds. The minimum absolute atomic E-state index is 0.890. The Hall–Kier alpha value is -0.755. The number of thiophene rings is 1. The van der Waals surface area contributed by atoms with Crippen LogP contribution in [0.2, 0.25) is 0 Å². The largest absolute Gasteiger partial charge is 0.152 e. The van der Waals surface area contributed by atoms with Crippen LogP contribution >= 0.6 is 11.3 Å². The van der Waals surface area contributed by atoms with Gasteiger partial charge in [0.2, 0.25) is 0 Å². The fourth-order valence-electron chi connectivity index (χ4n) is 1.00. The highest BCUT2D eigenvalue weighted by atomic mass is 32.1. The minimum atomic E-state index is 0.890. The lowest BCUT2D eigenvalue weighted by molar-refractivity contribution is 1.86. The summed E-state index contributed by atoms with van der Waals surface area (Å²) in [6.07, 6.45) is 0. The van der Waals surface area contributed by atoms with Crippen LogP contribution in [0.3, 0.4) is 0 Å². The van der Waals surface area contributed by atoms with Crippen molar-refractivity contribution in [2.45, 2.75) is 0 Å². The second-order valence-corrected chi connectivity index (χ2v) is 3.30. The first kappa shape index (κ1) is 5.99. The van der Waals surface area contributed by atoms with Gasteiger partial charge in [-0.3, -0.25) is 0 Å². The molecule has 0 N–H and O–H groups in total. The molecule has 0 aliphatic carbocycles. The molecule has 0 spiro atoms. The van der Waals surface area contributed by atoms with E-state index in [-0.39, 0.29) is 0 Å². The highest BCUT2D eigenvalue weighted by Crippen LogP contribution is 2.16. The Bertz CT molecular complexity index is 318. The quantitative estimate of drug-likeness (QED) is 0.493. The predicted molar refractivity (Wildman–Crippen MR) is 47.2 cm³/mol. The molecule has 0 saturated carbocycles. The average Bonchev–Trinajstić information content (AvgIpc) is 2.27. The lowest BCUT2D eigenvalue weighted by atomic mass is 10.1. The molecule has 2 radical (unpaired) electrons. The molecule has 2 heteroatoms. The molecule has 0 bridgehead atoms. The van der Waals surface area contributed by atoms with Gasteiger partial charge in [0.15, 0.2) is 0 Å². The van der Waals surface area contributed by atoms with Crippen molar-refractivity contribution in [3.8, 4) is 0 Å². The van der Waals surface area contributed by atoms with Crippen molar-refractivity contribution in [1.82, 2.24) is 0 Å². The summed E-state index contributed by atoms with van der Waals surface area (Å²) >= 11 is 1.63. The molecule has 10 heavy (non-hydrogen) atoms. The molecule has 0 aliphatic rings. The van der Waals surface area contributed by atoms with E-state index in [1.807, 2.05) is 18.2 Å². The van der Waals surface area contributed by atoms with Gasteiger partial charge in [-0.1, -0.05) is 24.3 Å². The molecule has 0 saturated heterocycles. The lowest BCUT2D eigenvalue weighted by Crippen LogP contribution is -1.88. The van der Waals surface area contributed by atoms with E-state index in [0.717, 1.165) is 4.78 Å². The SMILES string of the molecule is [B]c1cc2ccccc2s1. The van der Waals surface area contributed by atoms with E-state index in [9.17, 15) is 0 Å². The third-order valence-corrected chi connectivity index (χ3v) is 2.39.